The second-order valence-electron chi connectivity index (χ2n) is 5.57. The Labute approximate surface area is 146 Å². The maximum atomic E-state index is 14.0. The Balaban J connectivity index is 2.46. The van der Waals surface area contributed by atoms with E-state index in [1.165, 1.54) is 24.3 Å². The molecule has 0 saturated heterocycles. The zero-order valence-corrected chi connectivity index (χ0v) is 14.9. The number of nitrogens with zero attached hydrogens (tertiary/aromatic N) is 3. The molecular formula is C18H20ClF2N3. The van der Waals surface area contributed by atoms with E-state index in [4.69, 9.17) is 11.6 Å². The standard InChI is InChI=1S/C18H20ClF2N3/c1-5-23(3)11-22-17-9-15(21)10-18(12(17)2)24(4)16-7-13(19)6-14(20)8-16/h6-11H,5H2,1-4H3. The fourth-order valence-electron chi connectivity index (χ4n) is 2.25. The molecule has 2 aromatic carbocycles. The van der Waals surface area contributed by atoms with Crippen molar-refractivity contribution in [3.05, 3.63) is 52.6 Å². The van der Waals surface area contributed by atoms with Crippen LogP contribution in [0.5, 0.6) is 0 Å². The zero-order valence-electron chi connectivity index (χ0n) is 14.1. The van der Waals surface area contributed by atoms with Gasteiger partial charge < -0.3 is 9.80 Å². The third-order valence-corrected chi connectivity index (χ3v) is 4.02. The molecule has 0 amide bonds. The van der Waals surface area contributed by atoms with Gasteiger partial charge in [0.15, 0.2) is 0 Å². The van der Waals surface area contributed by atoms with E-state index in [9.17, 15) is 8.78 Å². The first-order valence-electron chi connectivity index (χ1n) is 7.56. The summed E-state index contributed by atoms with van der Waals surface area (Å²) in [5.74, 6) is -0.850. The number of benzene rings is 2. The Kier molecular flexibility index (Phi) is 5.78. The minimum Gasteiger partial charge on any atom is -0.366 e. The summed E-state index contributed by atoms with van der Waals surface area (Å²) in [5.41, 5.74) is 2.46. The van der Waals surface area contributed by atoms with Crippen LogP contribution in [0.1, 0.15) is 12.5 Å². The fourth-order valence-corrected chi connectivity index (χ4v) is 2.46. The van der Waals surface area contributed by atoms with Crippen molar-refractivity contribution in [1.82, 2.24) is 4.90 Å². The average Bonchev–Trinajstić information content (AvgIpc) is 2.53. The van der Waals surface area contributed by atoms with Crippen molar-refractivity contribution in [3.8, 4) is 0 Å². The molecule has 0 aliphatic heterocycles. The van der Waals surface area contributed by atoms with Gasteiger partial charge in [-0.1, -0.05) is 11.6 Å². The first-order valence-corrected chi connectivity index (χ1v) is 7.94. The van der Waals surface area contributed by atoms with Gasteiger partial charge in [0.05, 0.1) is 12.0 Å². The Morgan fingerprint density at radius 1 is 1.08 bits per heavy atom. The zero-order chi connectivity index (χ0) is 17.9. The molecule has 0 spiro atoms. The van der Waals surface area contributed by atoms with Crippen LogP contribution in [0.2, 0.25) is 5.02 Å². The van der Waals surface area contributed by atoms with Crippen LogP contribution in [-0.2, 0) is 0 Å². The van der Waals surface area contributed by atoms with Crippen molar-refractivity contribution < 1.29 is 8.78 Å². The van der Waals surface area contributed by atoms with E-state index in [1.54, 1.807) is 24.4 Å². The van der Waals surface area contributed by atoms with E-state index < -0.39 is 11.6 Å². The summed E-state index contributed by atoms with van der Waals surface area (Å²) in [4.78, 5) is 7.92. The first kappa shape index (κ1) is 18.2. The van der Waals surface area contributed by atoms with Crippen LogP contribution in [0.15, 0.2) is 35.3 Å². The summed E-state index contributed by atoms with van der Waals surface area (Å²) in [6, 6.07) is 6.99. The van der Waals surface area contributed by atoms with Gasteiger partial charge in [0.2, 0.25) is 0 Å². The minimum atomic E-state index is -0.443. The average molecular weight is 352 g/mol. The summed E-state index contributed by atoms with van der Waals surface area (Å²) < 4.78 is 27.6. The van der Waals surface area contributed by atoms with Gasteiger partial charge in [0.25, 0.3) is 0 Å². The van der Waals surface area contributed by atoms with E-state index in [0.29, 0.717) is 17.1 Å². The predicted molar refractivity (Wildman–Crippen MR) is 97.1 cm³/mol. The molecule has 0 aliphatic rings. The van der Waals surface area contributed by atoms with Gasteiger partial charge in [-0.3, -0.25) is 0 Å². The molecule has 0 unspecified atom stereocenters. The molecule has 0 fully saturated rings. The molecule has 0 radical (unpaired) electrons. The molecule has 0 aliphatic carbocycles. The molecule has 0 atom stereocenters. The second-order valence-corrected chi connectivity index (χ2v) is 6.01. The normalized spacial score (nSPS) is 11.1. The van der Waals surface area contributed by atoms with E-state index in [0.717, 1.165) is 12.1 Å². The van der Waals surface area contributed by atoms with Crippen LogP contribution in [0.25, 0.3) is 0 Å². The molecule has 24 heavy (non-hydrogen) atoms. The van der Waals surface area contributed by atoms with E-state index >= 15 is 0 Å². The maximum Gasteiger partial charge on any atom is 0.127 e. The summed E-state index contributed by atoms with van der Waals surface area (Å²) in [6.45, 7) is 4.65. The number of hydrogen-bond donors (Lipinski definition) is 0. The summed E-state index contributed by atoms with van der Waals surface area (Å²) >= 11 is 5.91. The van der Waals surface area contributed by atoms with Gasteiger partial charge >= 0.3 is 0 Å². The Hall–Kier alpha value is -2.14. The smallest absolute Gasteiger partial charge is 0.127 e. The molecular weight excluding hydrogens is 332 g/mol. The summed E-state index contributed by atoms with van der Waals surface area (Å²) in [7, 11) is 3.62. The monoisotopic (exact) mass is 351 g/mol. The van der Waals surface area contributed by atoms with E-state index in [1.807, 2.05) is 25.8 Å². The highest BCUT2D eigenvalue weighted by atomic mass is 35.5. The van der Waals surface area contributed by atoms with E-state index in [2.05, 4.69) is 4.99 Å². The number of halogens is 3. The van der Waals surface area contributed by atoms with Crippen LogP contribution < -0.4 is 4.90 Å². The van der Waals surface area contributed by atoms with Crippen LogP contribution >= 0.6 is 11.6 Å². The highest BCUT2D eigenvalue weighted by Gasteiger charge is 2.13. The van der Waals surface area contributed by atoms with Gasteiger partial charge in [-0.25, -0.2) is 13.8 Å². The van der Waals surface area contributed by atoms with Crippen molar-refractivity contribution in [2.45, 2.75) is 13.8 Å². The molecule has 2 rings (SSSR count). The molecule has 0 N–H and O–H groups in total. The Morgan fingerprint density at radius 3 is 2.38 bits per heavy atom. The molecule has 0 saturated carbocycles. The number of rotatable bonds is 5. The summed E-state index contributed by atoms with van der Waals surface area (Å²) in [5, 5.41) is 0.286. The van der Waals surface area contributed by atoms with Crippen molar-refractivity contribution >= 4 is 35.0 Å². The quantitative estimate of drug-likeness (QED) is 0.537. The van der Waals surface area contributed by atoms with Gasteiger partial charge in [-0.05, 0) is 49.7 Å². The van der Waals surface area contributed by atoms with E-state index in [-0.39, 0.29) is 5.02 Å². The van der Waals surface area contributed by atoms with Crippen molar-refractivity contribution in [1.29, 1.82) is 0 Å². The van der Waals surface area contributed by atoms with Crippen LogP contribution in [0.4, 0.5) is 25.8 Å². The largest absolute Gasteiger partial charge is 0.366 e. The lowest BCUT2D eigenvalue weighted by molar-refractivity contribution is 0.552. The Morgan fingerprint density at radius 2 is 1.75 bits per heavy atom. The third kappa shape index (κ3) is 4.23. The molecule has 2 aromatic rings. The van der Waals surface area contributed by atoms with Crippen molar-refractivity contribution in [3.63, 3.8) is 0 Å². The van der Waals surface area contributed by atoms with Crippen LogP contribution in [0, 0.1) is 18.6 Å². The predicted octanol–water partition coefficient (Wildman–Crippen LogP) is 5.31. The van der Waals surface area contributed by atoms with Crippen molar-refractivity contribution in [2.75, 3.05) is 25.5 Å². The molecule has 3 nitrogen and oxygen atoms in total. The van der Waals surface area contributed by atoms with Crippen LogP contribution in [-0.4, -0.2) is 31.9 Å². The number of hydrogen-bond acceptors (Lipinski definition) is 2. The fraction of sp³-hybridized carbons (Fsp3) is 0.278. The highest BCUT2D eigenvalue weighted by molar-refractivity contribution is 6.30. The topological polar surface area (TPSA) is 18.8 Å². The Bertz CT molecular complexity index is 742. The minimum absolute atomic E-state index is 0.286. The van der Waals surface area contributed by atoms with Crippen molar-refractivity contribution in [2.24, 2.45) is 4.99 Å². The number of aliphatic imine (C=N–C) groups is 1. The SMILES string of the molecule is CCN(C)C=Nc1cc(F)cc(N(C)c2cc(F)cc(Cl)c2)c1C. The van der Waals surface area contributed by atoms with Crippen LogP contribution in [0.3, 0.4) is 0 Å². The molecule has 6 heteroatoms. The molecule has 0 bridgehead atoms. The molecule has 0 aromatic heterocycles. The molecule has 128 valence electrons. The first-order chi connectivity index (χ1) is 11.3. The summed E-state index contributed by atoms with van der Waals surface area (Å²) in [6.07, 6.45) is 1.66. The lowest BCUT2D eigenvalue weighted by Gasteiger charge is -2.23. The van der Waals surface area contributed by atoms with Gasteiger partial charge in [-0.2, -0.15) is 0 Å². The van der Waals surface area contributed by atoms with Gasteiger partial charge in [0, 0.05) is 37.0 Å². The lowest BCUT2D eigenvalue weighted by Crippen LogP contribution is -2.14. The maximum absolute atomic E-state index is 14.0. The third-order valence-electron chi connectivity index (χ3n) is 3.81. The second kappa shape index (κ2) is 7.62. The molecule has 0 heterocycles. The highest BCUT2D eigenvalue weighted by Crippen LogP contribution is 2.34. The number of anilines is 2. The lowest BCUT2D eigenvalue weighted by atomic mass is 10.1. The van der Waals surface area contributed by atoms with Gasteiger partial charge in [0.1, 0.15) is 11.6 Å². The van der Waals surface area contributed by atoms with Gasteiger partial charge in [-0.15, -0.1) is 0 Å².